The van der Waals surface area contributed by atoms with E-state index in [0.717, 1.165) is 0 Å². The largest absolute Gasteiger partial charge is 0.506 e. The summed E-state index contributed by atoms with van der Waals surface area (Å²) in [5.41, 5.74) is 0.524. The maximum Gasteiger partial charge on any atom is 0.357 e. The lowest BCUT2D eigenvalue weighted by Gasteiger charge is -2.05. The fourth-order valence-electron chi connectivity index (χ4n) is 1.99. The Kier molecular flexibility index (Phi) is 3.46. The van der Waals surface area contributed by atoms with Gasteiger partial charge in [-0.2, -0.15) is 0 Å². The second kappa shape index (κ2) is 5.06. The normalized spacial score (nSPS) is 14.6. The van der Waals surface area contributed by atoms with Gasteiger partial charge in [0.05, 0.1) is 12.2 Å². The van der Waals surface area contributed by atoms with E-state index in [1.807, 2.05) is 0 Å². The van der Waals surface area contributed by atoms with Crippen molar-refractivity contribution in [1.29, 1.82) is 0 Å². The first kappa shape index (κ1) is 13.0. The highest BCUT2D eigenvalue weighted by Gasteiger charge is 2.35. The molecular weight excluding hydrogens is 246 g/mol. The minimum atomic E-state index is -0.715. The highest BCUT2D eigenvalue weighted by atomic mass is 16.5. The Hall–Kier alpha value is -2.43. The van der Waals surface area contributed by atoms with E-state index in [4.69, 9.17) is 4.74 Å². The lowest BCUT2D eigenvalue weighted by Crippen LogP contribution is -2.23. The van der Waals surface area contributed by atoms with Gasteiger partial charge in [-0.3, -0.25) is 9.79 Å². The van der Waals surface area contributed by atoms with E-state index in [-0.39, 0.29) is 23.7 Å². The van der Waals surface area contributed by atoms with Crippen LogP contribution in [0.3, 0.4) is 0 Å². The lowest BCUT2D eigenvalue weighted by atomic mass is 10.1. The van der Waals surface area contributed by atoms with Crippen molar-refractivity contribution >= 4 is 23.2 Å². The predicted octanol–water partition coefficient (Wildman–Crippen LogP) is 1.79. The van der Waals surface area contributed by atoms with Crippen molar-refractivity contribution in [3.05, 3.63) is 41.0 Å². The molecule has 0 spiro atoms. The number of ketones is 1. The van der Waals surface area contributed by atoms with Gasteiger partial charge in [-0.05, 0) is 6.92 Å². The van der Waals surface area contributed by atoms with E-state index in [0.29, 0.717) is 11.1 Å². The van der Waals surface area contributed by atoms with E-state index in [2.05, 4.69) is 4.99 Å². The minimum Gasteiger partial charge on any atom is -0.506 e. The molecule has 1 aromatic carbocycles. The van der Waals surface area contributed by atoms with E-state index >= 15 is 0 Å². The van der Waals surface area contributed by atoms with Crippen molar-refractivity contribution < 1.29 is 19.4 Å². The second-order valence-corrected chi connectivity index (χ2v) is 3.89. The summed E-state index contributed by atoms with van der Waals surface area (Å²) in [6.07, 6.45) is 0. The van der Waals surface area contributed by atoms with Crippen LogP contribution in [-0.4, -0.2) is 36.2 Å². The molecule has 1 aliphatic carbocycles. The van der Waals surface area contributed by atoms with Gasteiger partial charge in [0, 0.05) is 18.2 Å². The number of carbonyl (C=O) groups is 2. The summed E-state index contributed by atoms with van der Waals surface area (Å²) in [4.78, 5) is 27.7. The maximum absolute atomic E-state index is 12.2. The molecule has 1 aliphatic rings. The fraction of sp³-hybridized carbons (Fsp3) is 0.214. The van der Waals surface area contributed by atoms with Crippen molar-refractivity contribution in [2.75, 3.05) is 13.7 Å². The number of aliphatic hydroxyl groups excluding tert-OH is 1. The van der Waals surface area contributed by atoms with Gasteiger partial charge >= 0.3 is 5.97 Å². The molecule has 0 bridgehead atoms. The van der Waals surface area contributed by atoms with Crippen LogP contribution in [0, 0.1) is 0 Å². The summed E-state index contributed by atoms with van der Waals surface area (Å²) in [7, 11) is 1.38. The number of Topliss-reactive ketones (excluding diaryl/α,β-unsaturated/α-hetero) is 1. The first-order chi connectivity index (χ1) is 9.11. The van der Waals surface area contributed by atoms with Crippen LogP contribution in [0.5, 0.6) is 0 Å². The Balaban J connectivity index is 2.50. The Bertz CT molecular complexity index is 614. The fourth-order valence-corrected chi connectivity index (χ4v) is 1.99. The first-order valence-corrected chi connectivity index (χ1v) is 5.83. The summed E-state index contributed by atoms with van der Waals surface area (Å²) >= 11 is 0. The van der Waals surface area contributed by atoms with Gasteiger partial charge in [0.15, 0.2) is 11.5 Å². The van der Waals surface area contributed by atoms with Crippen LogP contribution < -0.4 is 0 Å². The molecule has 0 amide bonds. The van der Waals surface area contributed by atoms with E-state index in [9.17, 15) is 14.7 Å². The molecule has 1 aromatic rings. The molecule has 0 saturated carbocycles. The SMILES string of the molecule is CCOC(=O)C(=NC)C1=C(O)c2ccccc2C1=O. The third-order valence-corrected chi connectivity index (χ3v) is 2.82. The van der Waals surface area contributed by atoms with Crippen LogP contribution in [0.25, 0.3) is 5.76 Å². The summed E-state index contributed by atoms with van der Waals surface area (Å²) in [6, 6.07) is 6.62. The van der Waals surface area contributed by atoms with Crippen molar-refractivity contribution in [3.8, 4) is 0 Å². The summed E-state index contributed by atoms with van der Waals surface area (Å²) < 4.78 is 4.84. The molecule has 0 radical (unpaired) electrons. The molecule has 0 fully saturated rings. The topological polar surface area (TPSA) is 76.0 Å². The highest BCUT2D eigenvalue weighted by Crippen LogP contribution is 2.31. The van der Waals surface area contributed by atoms with Gasteiger partial charge < -0.3 is 9.84 Å². The lowest BCUT2D eigenvalue weighted by molar-refractivity contribution is -0.134. The number of aliphatic hydroxyl groups is 1. The molecule has 0 atom stereocenters. The Morgan fingerprint density at radius 1 is 1.32 bits per heavy atom. The first-order valence-electron chi connectivity index (χ1n) is 5.83. The third-order valence-electron chi connectivity index (χ3n) is 2.82. The van der Waals surface area contributed by atoms with E-state index in [1.54, 1.807) is 31.2 Å². The number of esters is 1. The van der Waals surface area contributed by atoms with Crippen molar-refractivity contribution in [2.24, 2.45) is 4.99 Å². The molecule has 0 unspecified atom stereocenters. The van der Waals surface area contributed by atoms with Gasteiger partial charge in [0.2, 0.25) is 0 Å². The average Bonchev–Trinajstić information content (AvgIpc) is 2.66. The number of rotatable bonds is 3. The van der Waals surface area contributed by atoms with E-state index < -0.39 is 11.8 Å². The zero-order valence-electron chi connectivity index (χ0n) is 10.6. The zero-order valence-corrected chi connectivity index (χ0v) is 10.6. The number of ether oxygens (including phenoxy) is 1. The van der Waals surface area contributed by atoms with Gasteiger partial charge in [0.1, 0.15) is 5.76 Å². The number of nitrogens with zero attached hydrogens (tertiary/aromatic N) is 1. The Morgan fingerprint density at radius 2 is 1.95 bits per heavy atom. The summed E-state index contributed by atoms with van der Waals surface area (Å²) in [5.74, 6) is -1.36. The maximum atomic E-state index is 12.2. The van der Waals surface area contributed by atoms with E-state index in [1.165, 1.54) is 7.05 Å². The quantitative estimate of drug-likeness (QED) is 0.663. The van der Waals surface area contributed by atoms with Gasteiger partial charge in [-0.25, -0.2) is 4.79 Å². The Morgan fingerprint density at radius 3 is 2.47 bits per heavy atom. The second-order valence-electron chi connectivity index (χ2n) is 3.89. The smallest absolute Gasteiger partial charge is 0.357 e. The van der Waals surface area contributed by atoms with Crippen molar-refractivity contribution in [2.45, 2.75) is 6.92 Å². The summed E-state index contributed by atoms with van der Waals surface area (Å²) in [6.45, 7) is 1.83. The molecule has 2 rings (SSSR count). The number of benzene rings is 1. The molecule has 1 N–H and O–H groups in total. The minimum absolute atomic E-state index is 0.0952. The van der Waals surface area contributed by atoms with Gasteiger partial charge in [0.25, 0.3) is 0 Å². The molecule has 0 aromatic heterocycles. The van der Waals surface area contributed by atoms with Crippen molar-refractivity contribution in [1.82, 2.24) is 0 Å². The molecule has 0 aliphatic heterocycles. The zero-order chi connectivity index (χ0) is 14.0. The Labute approximate surface area is 110 Å². The molecular formula is C14H13NO4. The average molecular weight is 259 g/mol. The number of hydrogen-bond donors (Lipinski definition) is 1. The number of hydrogen-bond acceptors (Lipinski definition) is 5. The molecule has 5 nitrogen and oxygen atoms in total. The van der Waals surface area contributed by atoms with Crippen LogP contribution in [0.2, 0.25) is 0 Å². The van der Waals surface area contributed by atoms with Crippen LogP contribution in [0.1, 0.15) is 22.8 Å². The monoisotopic (exact) mass is 259 g/mol. The summed E-state index contributed by atoms with van der Waals surface area (Å²) in [5, 5.41) is 10.1. The predicted molar refractivity (Wildman–Crippen MR) is 70.3 cm³/mol. The molecule has 0 saturated heterocycles. The van der Waals surface area contributed by atoms with Crippen LogP contribution in [0.4, 0.5) is 0 Å². The number of aliphatic imine (C=N–C) groups is 1. The van der Waals surface area contributed by atoms with Crippen molar-refractivity contribution in [3.63, 3.8) is 0 Å². The third kappa shape index (κ3) is 2.03. The van der Waals surface area contributed by atoms with Crippen LogP contribution >= 0.6 is 0 Å². The van der Waals surface area contributed by atoms with Gasteiger partial charge in [-0.1, -0.05) is 24.3 Å². The highest BCUT2D eigenvalue weighted by molar-refractivity contribution is 6.54. The van der Waals surface area contributed by atoms with Gasteiger partial charge in [-0.15, -0.1) is 0 Å². The number of carbonyl (C=O) groups excluding carboxylic acids is 2. The molecule has 98 valence electrons. The standard InChI is InChI=1S/C14H13NO4/c1-3-19-14(18)11(15-2)10-12(16)8-6-4-5-7-9(8)13(10)17/h4-7,16H,3H2,1-2H3. The number of fused-ring (bicyclic) bond motifs is 1. The molecule has 0 heterocycles. The van der Waals surface area contributed by atoms with Crippen LogP contribution in [0.15, 0.2) is 34.8 Å². The molecule has 19 heavy (non-hydrogen) atoms. The molecule has 5 heteroatoms. The van der Waals surface area contributed by atoms with Crippen LogP contribution in [-0.2, 0) is 9.53 Å².